The summed E-state index contributed by atoms with van der Waals surface area (Å²) in [7, 11) is 0. The lowest BCUT2D eigenvalue weighted by molar-refractivity contribution is 0.660. The second-order valence-electron chi connectivity index (χ2n) is 19.1. The molecule has 1 spiro atoms. The Hall–Kier alpha value is -8.40. The van der Waals surface area contributed by atoms with Gasteiger partial charge in [0.25, 0.3) is 0 Å². The van der Waals surface area contributed by atoms with Gasteiger partial charge in [-0.05, 0) is 132 Å². The minimum Gasteiger partial charge on any atom is -0.456 e. The number of rotatable bonds is 3. The molecule has 3 aliphatic rings. The molecule has 314 valence electrons. The van der Waals surface area contributed by atoms with Crippen molar-refractivity contribution >= 4 is 60.9 Å². The Bertz CT molecular complexity index is 4110. The first-order valence-corrected chi connectivity index (χ1v) is 23.3. The summed E-state index contributed by atoms with van der Waals surface area (Å²) in [4.78, 5) is 2.44. The molecule has 0 saturated carbocycles. The number of benzene rings is 10. The average Bonchev–Trinajstić information content (AvgIpc) is 4.07. The van der Waals surface area contributed by atoms with E-state index in [-0.39, 0.29) is 5.41 Å². The van der Waals surface area contributed by atoms with Gasteiger partial charge >= 0.3 is 0 Å². The molecule has 3 heteroatoms. The Balaban J connectivity index is 1.04. The molecular formula is C64H41NO2. The number of furan rings is 2. The van der Waals surface area contributed by atoms with Crippen LogP contribution >= 0.6 is 0 Å². The Labute approximate surface area is 387 Å². The van der Waals surface area contributed by atoms with Crippen molar-refractivity contribution in [2.24, 2.45) is 0 Å². The van der Waals surface area contributed by atoms with Crippen LogP contribution in [0.1, 0.15) is 47.2 Å². The lowest BCUT2D eigenvalue weighted by Crippen LogP contribution is -2.29. The average molecular weight is 856 g/mol. The number of nitrogens with zero attached hydrogens (tertiary/aromatic N) is 1. The molecule has 3 nitrogen and oxygen atoms in total. The highest BCUT2D eigenvalue weighted by atomic mass is 16.3. The van der Waals surface area contributed by atoms with E-state index in [0.717, 1.165) is 55.6 Å². The van der Waals surface area contributed by atoms with Crippen molar-refractivity contribution in [3.8, 4) is 44.5 Å². The summed E-state index contributed by atoms with van der Waals surface area (Å²) in [6.07, 6.45) is 0. The minimum atomic E-state index is -0.649. The van der Waals surface area contributed by atoms with Gasteiger partial charge in [0.15, 0.2) is 0 Å². The lowest BCUT2D eigenvalue weighted by atomic mass is 9.66. The molecule has 0 N–H and O–H groups in total. The molecule has 0 aliphatic heterocycles. The zero-order chi connectivity index (χ0) is 44.2. The van der Waals surface area contributed by atoms with Crippen LogP contribution in [0.25, 0.3) is 88.4 Å². The minimum absolute atomic E-state index is 0.170. The van der Waals surface area contributed by atoms with Crippen LogP contribution in [-0.2, 0) is 10.8 Å². The maximum atomic E-state index is 6.60. The molecule has 0 radical (unpaired) electrons. The van der Waals surface area contributed by atoms with Gasteiger partial charge in [-0.3, -0.25) is 0 Å². The third kappa shape index (κ3) is 4.75. The molecule has 3 aliphatic carbocycles. The van der Waals surface area contributed by atoms with Crippen molar-refractivity contribution in [3.05, 3.63) is 246 Å². The zero-order valence-corrected chi connectivity index (χ0v) is 37.0. The second kappa shape index (κ2) is 13.1. The van der Waals surface area contributed by atoms with Gasteiger partial charge in [0, 0.05) is 50.1 Å². The van der Waals surface area contributed by atoms with Gasteiger partial charge in [0.1, 0.15) is 22.3 Å². The quantitative estimate of drug-likeness (QED) is 0.177. The van der Waals surface area contributed by atoms with E-state index in [2.05, 4.69) is 225 Å². The molecule has 0 saturated heterocycles. The fourth-order valence-corrected chi connectivity index (χ4v) is 12.7. The number of hydrogen-bond acceptors (Lipinski definition) is 3. The first kappa shape index (κ1) is 36.9. The molecule has 2 aromatic heterocycles. The van der Waals surface area contributed by atoms with Crippen molar-refractivity contribution in [2.75, 3.05) is 4.90 Å². The highest BCUT2D eigenvalue weighted by Crippen LogP contribution is 2.63. The predicted octanol–water partition coefficient (Wildman–Crippen LogP) is 17.3. The van der Waals surface area contributed by atoms with Crippen LogP contribution in [-0.4, -0.2) is 0 Å². The summed E-state index contributed by atoms with van der Waals surface area (Å²) in [6.45, 7) is 4.72. The Morgan fingerprint density at radius 1 is 0.313 bits per heavy atom. The SMILES string of the molecule is CC1(C)c2ccccc2-c2ccc(N(c3ccc4c(c3)-c3ccccc3-c3ccccc3C43c4ccccc4-c4c3ccc3oc5ccccc5c43)c3ccc4c(c3)oc3ccccc34)cc21. The van der Waals surface area contributed by atoms with Crippen molar-refractivity contribution < 1.29 is 8.83 Å². The van der Waals surface area contributed by atoms with Crippen molar-refractivity contribution in [1.29, 1.82) is 0 Å². The first-order chi connectivity index (χ1) is 33.0. The van der Waals surface area contributed by atoms with E-state index >= 15 is 0 Å². The topological polar surface area (TPSA) is 29.5 Å². The number of anilines is 3. The number of para-hydroxylation sites is 2. The third-order valence-electron chi connectivity index (χ3n) is 15.5. The van der Waals surface area contributed by atoms with Gasteiger partial charge in [0.05, 0.1) is 5.41 Å². The maximum absolute atomic E-state index is 6.60. The monoisotopic (exact) mass is 855 g/mol. The van der Waals surface area contributed by atoms with E-state index < -0.39 is 5.41 Å². The molecule has 1 unspecified atom stereocenters. The molecule has 10 aromatic carbocycles. The van der Waals surface area contributed by atoms with Gasteiger partial charge in [-0.15, -0.1) is 0 Å². The molecule has 0 bridgehead atoms. The van der Waals surface area contributed by atoms with Gasteiger partial charge in [0.2, 0.25) is 0 Å². The highest BCUT2D eigenvalue weighted by molar-refractivity contribution is 6.16. The first-order valence-electron chi connectivity index (χ1n) is 23.3. The Morgan fingerprint density at radius 3 is 1.60 bits per heavy atom. The van der Waals surface area contributed by atoms with Gasteiger partial charge in [-0.25, -0.2) is 0 Å². The molecule has 12 aromatic rings. The molecule has 15 rings (SSSR count). The molecule has 0 amide bonds. The summed E-state index contributed by atoms with van der Waals surface area (Å²) in [6, 6.07) is 78.6. The molecular weight excluding hydrogens is 815 g/mol. The fourth-order valence-electron chi connectivity index (χ4n) is 12.7. The number of fused-ring (bicyclic) bond motifs is 22. The van der Waals surface area contributed by atoms with Crippen LogP contribution in [0.15, 0.2) is 221 Å². The van der Waals surface area contributed by atoms with Gasteiger partial charge in [-0.1, -0.05) is 166 Å². The van der Waals surface area contributed by atoms with Crippen LogP contribution in [0.3, 0.4) is 0 Å². The van der Waals surface area contributed by atoms with Crippen molar-refractivity contribution in [2.45, 2.75) is 24.7 Å². The van der Waals surface area contributed by atoms with Crippen LogP contribution < -0.4 is 4.90 Å². The van der Waals surface area contributed by atoms with Crippen LogP contribution in [0.4, 0.5) is 17.1 Å². The number of hydrogen-bond donors (Lipinski definition) is 0. The van der Waals surface area contributed by atoms with E-state index in [4.69, 9.17) is 8.83 Å². The summed E-state index contributed by atoms with van der Waals surface area (Å²) in [5.41, 5.74) is 23.7. The summed E-state index contributed by atoms with van der Waals surface area (Å²) >= 11 is 0. The van der Waals surface area contributed by atoms with E-state index in [1.807, 2.05) is 6.07 Å². The summed E-state index contributed by atoms with van der Waals surface area (Å²) in [5.74, 6) is 0. The highest BCUT2D eigenvalue weighted by Gasteiger charge is 2.50. The van der Waals surface area contributed by atoms with Crippen molar-refractivity contribution in [3.63, 3.8) is 0 Å². The Morgan fingerprint density at radius 2 is 0.806 bits per heavy atom. The lowest BCUT2D eigenvalue weighted by Gasteiger charge is -2.36. The fraction of sp³-hybridized carbons (Fsp3) is 0.0625. The Kier molecular flexibility index (Phi) is 7.22. The maximum Gasteiger partial charge on any atom is 0.137 e. The van der Waals surface area contributed by atoms with E-state index in [9.17, 15) is 0 Å². The third-order valence-corrected chi connectivity index (χ3v) is 15.5. The van der Waals surface area contributed by atoms with E-state index in [1.54, 1.807) is 0 Å². The molecule has 67 heavy (non-hydrogen) atoms. The second-order valence-corrected chi connectivity index (χ2v) is 19.1. The standard InChI is InChI=1S/C64H41NO2/c1-63(2)51-22-10-5-18-44(51)45-30-27-39(36-56(45)63)65(40-28-31-47-46-19-8-13-25-57(46)67-60(47)37-40)38-29-32-54-50(35-38)42-16-4-3-15-41(42)43-17-6-11-23-52(43)64(54)53-24-12-7-20-48(53)61-55(64)33-34-59-62(61)49-21-9-14-26-58(49)66-59/h3-37H,1-2H3. The van der Waals surface area contributed by atoms with Crippen LogP contribution in [0.5, 0.6) is 0 Å². The zero-order valence-electron chi connectivity index (χ0n) is 37.0. The smallest absolute Gasteiger partial charge is 0.137 e. The molecule has 1 atom stereocenters. The van der Waals surface area contributed by atoms with E-state index in [1.165, 1.54) is 83.3 Å². The summed E-state index contributed by atoms with van der Waals surface area (Å²) in [5, 5.41) is 4.54. The van der Waals surface area contributed by atoms with E-state index in [0.29, 0.717) is 0 Å². The molecule has 2 heterocycles. The largest absolute Gasteiger partial charge is 0.456 e. The van der Waals surface area contributed by atoms with Crippen LogP contribution in [0, 0.1) is 0 Å². The van der Waals surface area contributed by atoms with Gasteiger partial charge < -0.3 is 13.7 Å². The summed E-state index contributed by atoms with van der Waals surface area (Å²) < 4.78 is 13.2. The normalized spacial score (nSPS) is 15.8. The van der Waals surface area contributed by atoms with Crippen LogP contribution in [0.2, 0.25) is 0 Å². The molecule has 0 fully saturated rings. The van der Waals surface area contributed by atoms with Gasteiger partial charge in [-0.2, -0.15) is 0 Å². The van der Waals surface area contributed by atoms with Crippen molar-refractivity contribution in [1.82, 2.24) is 0 Å². The predicted molar refractivity (Wildman–Crippen MR) is 275 cm³/mol.